The molecule has 1 saturated heterocycles. The van der Waals surface area contributed by atoms with Gasteiger partial charge in [-0.15, -0.1) is 0 Å². The maximum Gasteiger partial charge on any atom is 0.251 e. The lowest BCUT2D eigenvalue weighted by atomic mass is 9.92. The predicted octanol–water partition coefficient (Wildman–Crippen LogP) is 4.12. The molecule has 12 heteroatoms. The maximum absolute atomic E-state index is 13.4. The third-order valence-electron chi connectivity index (χ3n) is 5.88. The number of nitrogens with one attached hydrogen (secondary N) is 3. The summed E-state index contributed by atoms with van der Waals surface area (Å²) in [6.07, 6.45) is 1.81. The minimum Gasteiger partial charge on any atom is -0.495 e. The molecule has 2 amide bonds. The second-order valence-corrected chi connectivity index (χ2v) is 12.2. The number of sulfonamides is 1. The van der Waals surface area contributed by atoms with Crippen LogP contribution < -0.4 is 20.1 Å². The van der Waals surface area contributed by atoms with Crippen LogP contribution >= 0.6 is 11.6 Å². The number of halogens is 2. The molecule has 0 aliphatic carbocycles. The molecule has 1 unspecified atom stereocenters. The number of benzene rings is 2. The van der Waals surface area contributed by atoms with Crippen molar-refractivity contribution >= 4 is 39.1 Å². The van der Waals surface area contributed by atoms with Gasteiger partial charge in [-0.1, -0.05) is 11.6 Å². The van der Waals surface area contributed by atoms with Gasteiger partial charge >= 0.3 is 0 Å². The Bertz CT molecular complexity index is 1260. The van der Waals surface area contributed by atoms with Crippen LogP contribution in [0.1, 0.15) is 50.4 Å². The Hall–Kier alpha value is -2.73. The summed E-state index contributed by atoms with van der Waals surface area (Å²) >= 11 is 6.39. The van der Waals surface area contributed by atoms with E-state index in [1.807, 2.05) is 0 Å². The molecule has 2 aromatic rings. The van der Waals surface area contributed by atoms with Crippen LogP contribution in [-0.4, -0.2) is 52.1 Å². The molecular weight excluding hydrogens is 537 g/mol. The number of carbonyl (C=O) groups is 2. The van der Waals surface area contributed by atoms with E-state index in [4.69, 9.17) is 21.1 Å². The van der Waals surface area contributed by atoms with E-state index in [2.05, 4.69) is 15.4 Å². The highest BCUT2D eigenvalue weighted by molar-refractivity contribution is 7.89. The molecule has 1 heterocycles. The van der Waals surface area contributed by atoms with Gasteiger partial charge in [0.15, 0.2) is 0 Å². The van der Waals surface area contributed by atoms with Crippen molar-refractivity contribution in [1.29, 1.82) is 0 Å². The highest BCUT2D eigenvalue weighted by Crippen LogP contribution is 2.34. The monoisotopic (exact) mass is 569 g/mol. The zero-order valence-corrected chi connectivity index (χ0v) is 23.3. The van der Waals surface area contributed by atoms with Gasteiger partial charge in [0.1, 0.15) is 22.5 Å². The lowest BCUT2D eigenvalue weighted by molar-refractivity contribution is -0.118. The van der Waals surface area contributed by atoms with Crippen LogP contribution in [-0.2, 0) is 19.6 Å². The summed E-state index contributed by atoms with van der Waals surface area (Å²) in [7, 11) is -2.67. The smallest absolute Gasteiger partial charge is 0.251 e. The van der Waals surface area contributed by atoms with Gasteiger partial charge in [-0.25, -0.2) is 17.5 Å². The molecule has 1 aliphatic rings. The fourth-order valence-corrected chi connectivity index (χ4v) is 5.94. The fraction of sp³-hybridized carbons (Fsp3) is 0.462. The van der Waals surface area contributed by atoms with Gasteiger partial charge < -0.3 is 20.1 Å². The molecule has 208 valence electrons. The lowest BCUT2D eigenvalue weighted by Gasteiger charge is -2.27. The SMILES string of the molecule is COc1cc(NC(=O)C(CC2CCOCC2)NC(=O)c2ccc(F)cc2)c(Cl)cc1S(=O)(=O)NC(C)(C)C. The minimum atomic E-state index is -3.98. The van der Waals surface area contributed by atoms with Crippen LogP contribution in [0, 0.1) is 11.7 Å². The van der Waals surface area contributed by atoms with E-state index < -0.39 is 39.2 Å². The van der Waals surface area contributed by atoms with Crippen molar-refractivity contribution in [2.75, 3.05) is 25.6 Å². The van der Waals surface area contributed by atoms with Crippen LogP contribution in [0.25, 0.3) is 0 Å². The van der Waals surface area contributed by atoms with E-state index >= 15 is 0 Å². The Morgan fingerprint density at radius 3 is 2.37 bits per heavy atom. The Balaban J connectivity index is 1.86. The molecule has 0 spiro atoms. The van der Waals surface area contributed by atoms with Crippen LogP contribution in [0.15, 0.2) is 41.3 Å². The fourth-order valence-electron chi connectivity index (χ4n) is 4.07. The summed E-state index contributed by atoms with van der Waals surface area (Å²) < 4.78 is 52.3. The van der Waals surface area contributed by atoms with E-state index in [0.29, 0.717) is 19.6 Å². The number of methoxy groups -OCH3 is 1. The van der Waals surface area contributed by atoms with Crippen LogP contribution in [0.3, 0.4) is 0 Å². The average molecular weight is 570 g/mol. The van der Waals surface area contributed by atoms with Crippen LogP contribution in [0.5, 0.6) is 5.75 Å². The maximum atomic E-state index is 13.4. The van der Waals surface area contributed by atoms with Crippen molar-refractivity contribution in [3.05, 3.63) is 52.8 Å². The highest BCUT2D eigenvalue weighted by Gasteiger charge is 2.29. The summed E-state index contributed by atoms with van der Waals surface area (Å²) in [6, 6.07) is 6.58. The van der Waals surface area contributed by atoms with Crippen molar-refractivity contribution in [2.24, 2.45) is 5.92 Å². The van der Waals surface area contributed by atoms with Crippen molar-refractivity contribution < 1.29 is 31.9 Å². The molecule has 0 bridgehead atoms. The van der Waals surface area contributed by atoms with Crippen LogP contribution in [0.4, 0.5) is 10.1 Å². The van der Waals surface area contributed by atoms with Crippen molar-refractivity contribution in [1.82, 2.24) is 10.0 Å². The van der Waals surface area contributed by atoms with E-state index in [0.717, 1.165) is 12.8 Å². The number of hydrogen-bond donors (Lipinski definition) is 3. The topological polar surface area (TPSA) is 123 Å². The minimum absolute atomic E-state index is 0.0159. The van der Waals surface area contributed by atoms with E-state index in [-0.39, 0.29) is 32.8 Å². The quantitative estimate of drug-likeness (QED) is 0.417. The molecule has 38 heavy (non-hydrogen) atoms. The lowest BCUT2D eigenvalue weighted by Crippen LogP contribution is -2.45. The van der Waals surface area contributed by atoms with Crippen molar-refractivity contribution in [3.63, 3.8) is 0 Å². The van der Waals surface area contributed by atoms with Gasteiger partial charge in [0.25, 0.3) is 5.91 Å². The van der Waals surface area contributed by atoms with Gasteiger partial charge in [0.05, 0.1) is 17.8 Å². The zero-order valence-electron chi connectivity index (χ0n) is 21.8. The third-order valence-corrected chi connectivity index (χ3v) is 7.97. The Labute approximate surface area is 227 Å². The number of carbonyl (C=O) groups excluding carboxylic acids is 2. The average Bonchev–Trinajstić information content (AvgIpc) is 2.84. The molecule has 1 aliphatic heterocycles. The Morgan fingerprint density at radius 1 is 1.16 bits per heavy atom. The molecule has 0 saturated carbocycles. The first-order chi connectivity index (χ1) is 17.8. The highest BCUT2D eigenvalue weighted by atomic mass is 35.5. The van der Waals surface area contributed by atoms with Crippen LogP contribution in [0.2, 0.25) is 5.02 Å². The molecule has 2 aromatic carbocycles. The van der Waals surface area contributed by atoms with Gasteiger partial charge in [-0.3, -0.25) is 9.59 Å². The third kappa shape index (κ3) is 8.13. The van der Waals surface area contributed by atoms with E-state index in [9.17, 15) is 22.4 Å². The normalized spacial score (nSPS) is 15.5. The largest absolute Gasteiger partial charge is 0.495 e. The Kier molecular flexibility index (Phi) is 9.74. The van der Waals surface area contributed by atoms with E-state index in [1.165, 1.54) is 43.5 Å². The predicted molar refractivity (Wildman–Crippen MR) is 143 cm³/mol. The number of rotatable bonds is 9. The first-order valence-electron chi connectivity index (χ1n) is 12.2. The summed E-state index contributed by atoms with van der Waals surface area (Å²) in [5, 5.41) is 5.41. The standard InChI is InChI=1S/C26H33ClFN3O6S/c1-26(2,3)31-38(34,35)23-14-19(27)20(15-22(23)36-4)29-25(33)21(13-16-9-11-37-12-10-16)30-24(32)17-5-7-18(28)8-6-17/h5-8,14-16,21,31H,9-13H2,1-4H3,(H,29,33)(H,30,32). The first kappa shape index (κ1) is 29.8. The summed E-state index contributed by atoms with van der Waals surface area (Å²) in [4.78, 5) is 26.0. The molecule has 1 fully saturated rings. The molecule has 1 atom stereocenters. The second kappa shape index (κ2) is 12.4. The molecule has 9 nitrogen and oxygen atoms in total. The number of hydrogen-bond acceptors (Lipinski definition) is 6. The van der Waals surface area contributed by atoms with Gasteiger partial charge in [-0.2, -0.15) is 0 Å². The number of anilines is 1. The summed E-state index contributed by atoms with van der Waals surface area (Å²) in [5.41, 5.74) is -0.420. The number of ether oxygens (including phenoxy) is 2. The molecule has 0 aromatic heterocycles. The van der Waals surface area contributed by atoms with Gasteiger partial charge in [0.2, 0.25) is 15.9 Å². The molecule has 3 rings (SSSR count). The molecule has 0 radical (unpaired) electrons. The molecule has 3 N–H and O–H groups in total. The summed E-state index contributed by atoms with van der Waals surface area (Å²) in [6.45, 7) is 6.23. The Morgan fingerprint density at radius 2 is 1.79 bits per heavy atom. The van der Waals surface area contributed by atoms with Gasteiger partial charge in [0, 0.05) is 30.4 Å². The van der Waals surface area contributed by atoms with Crippen molar-refractivity contribution in [2.45, 2.75) is 56.5 Å². The number of amides is 2. The van der Waals surface area contributed by atoms with Gasteiger partial charge in [-0.05, 0) is 76.3 Å². The summed E-state index contributed by atoms with van der Waals surface area (Å²) in [5.74, 6) is -1.44. The first-order valence-corrected chi connectivity index (χ1v) is 14.0. The zero-order chi connectivity index (χ0) is 28.1. The van der Waals surface area contributed by atoms with Crippen molar-refractivity contribution in [3.8, 4) is 5.75 Å². The molecular formula is C26H33ClFN3O6S. The second-order valence-electron chi connectivity index (χ2n) is 10.2. The van der Waals surface area contributed by atoms with E-state index in [1.54, 1.807) is 20.8 Å².